The van der Waals surface area contributed by atoms with E-state index in [2.05, 4.69) is 59.5 Å². The van der Waals surface area contributed by atoms with Crippen LogP contribution < -0.4 is 10.6 Å². The van der Waals surface area contributed by atoms with Crippen molar-refractivity contribution < 1.29 is 0 Å². The van der Waals surface area contributed by atoms with Crippen molar-refractivity contribution in [3.8, 4) is 0 Å². The molecule has 0 bridgehead atoms. The number of hydrogen-bond acceptors (Lipinski definition) is 4. The van der Waals surface area contributed by atoms with Crippen LogP contribution in [-0.4, -0.2) is 86.7 Å². The van der Waals surface area contributed by atoms with Gasteiger partial charge in [-0.3, -0.25) is 4.99 Å². The second kappa shape index (κ2) is 11.8. The first-order chi connectivity index (χ1) is 10.4. The highest BCUT2D eigenvalue weighted by Crippen LogP contribution is 2.19. The zero-order valence-electron chi connectivity index (χ0n) is 15.7. The van der Waals surface area contributed by atoms with E-state index in [9.17, 15) is 0 Å². The third kappa shape index (κ3) is 9.99. The molecule has 1 aliphatic rings. The number of piperazine rings is 1. The molecule has 1 rings (SSSR count). The number of thioether (sulfide) groups is 1. The molecule has 138 valence electrons. The average molecular weight is 457 g/mol. The Hall–Kier alpha value is 0.270. The molecule has 5 nitrogen and oxygen atoms in total. The Bertz CT molecular complexity index is 343. The summed E-state index contributed by atoms with van der Waals surface area (Å²) in [6.45, 7) is 14.6. The summed E-state index contributed by atoms with van der Waals surface area (Å²) in [7, 11) is 4.04. The van der Waals surface area contributed by atoms with E-state index < -0.39 is 0 Å². The monoisotopic (exact) mass is 457 g/mol. The van der Waals surface area contributed by atoms with E-state index in [1.165, 1.54) is 26.2 Å². The summed E-state index contributed by atoms with van der Waals surface area (Å²) in [4.78, 5) is 9.29. The van der Waals surface area contributed by atoms with E-state index >= 15 is 0 Å². The summed E-state index contributed by atoms with van der Waals surface area (Å²) < 4.78 is 0.225. The minimum absolute atomic E-state index is 0. The molecule has 0 aliphatic carbocycles. The van der Waals surface area contributed by atoms with Crippen LogP contribution in [0.4, 0.5) is 0 Å². The van der Waals surface area contributed by atoms with E-state index in [0.29, 0.717) is 5.92 Å². The number of halogens is 1. The first-order valence-electron chi connectivity index (χ1n) is 8.27. The van der Waals surface area contributed by atoms with E-state index in [-0.39, 0.29) is 28.7 Å². The molecule has 23 heavy (non-hydrogen) atoms. The number of nitrogens with one attached hydrogen (secondary N) is 2. The summed E-state index contributed by atoms with van der Waals surface area (Å²) >= 11 is 1.87. The van der Waals surface area contributed by atoms with Gasteiger partial charge in [0.05, 0.1) is 0 Å². The fourth-order valence-electron chi connectivity index (χ4n) is 2.40. The highest BCUT2D eigenvalue weighted by molar-refractivity contribution is 14.0. The normalized spacial score (nSPS) is 19.1. The predicted molar refractivity (Wildman–Crippen MR) is 115 cm³/mol. The van der Waals surface area contributed by atoms with Crippen LogP contribution in [0.1, 0.15) is 20.8 Å². The SMILES string of the molecule is CN=C(NCC(C)CN1CCN(C)CC1)NCC(C)(C)SC.I. The van der Waals surface area contributed by atoms with Crippen molar-refractivity contribution in [3.63, 3.8) is 0 Å². The fourth-order valence-corrected chi connectivity index (χ4v) is 2.61. The van der Waals surface area contributed by atoms with Gasteiger partial charge in [-0.05, 0) is 33.1 Å². The lowest BCUT2D eigenvalue weighted by atomic mass is 10.1. The maximum Gasteiger partial charge on any atom is 0.191 e. The van der Waals surface area contributed by atoms with Crippen LogP contribution in [0.2, 0.25) is 0 Å². The van der Waals surface area contributed by atoms with Gasteiger partial charge in [0.25, 0.3) is 0 Å². The maximum atomic E-state index is 4.32. The van der Waals surface area contributed by atoms with Crippen LogP contribution in [-0.2, 0) is 0 Å². The number of hydrogen-bond donors (Lipinski definition) is 2. The van der Waals surface area contributed by atoms with Gasteiger partial charge in [-0.15, -0.1) is 24.0 Å². The van der Waals surface area contributed by atoms with Crippen molar-refractivity contribution in [2.45, 2.75) is 25.5 Å². The number of nitrogens with zero attached hydrogens (tertiary/aromatic N) is 3. The minimum atomic E-state index is 0. The zero-order chi connectivity index (χ0) is 16.6. The van der Waals surface area contributed by atoms with Crippen molar-refractivity contribution in [2.24, 2.45) is 10.9 Å². The second-order valence-corrected chi connectivity index (χ2v) is 8.49. The van der Waals surface area contributed by atoms with Gasteiger partial charge in [-0.1, -0.05) is 6.92 Å². The van der Waals surface area contributed by atoms with Crippen molar-refractivity contribution in [1.82, 2.24) is 20.4 Å². The van der Waals surface area contributed by atoms with Gasteiger partial charge < -0.3 is 20.4 Å². The lowest BCUT2D eigenvalue weighted by Gasteiger charge is -2.34. The molecule has 2 N–H and O–H groups in total. The number of likely N-dealkylation sites (N-methyl/N-ethyl adjacent to an activating group) is 1. The number of rotatable bonds is 7. The van der Waals surface area contributed by atoms with Gasteiger partial charge in [-0.25, -0.2) is 0 Å². The van der Waals surface area contributed by atoms with Crippen LogP contribution >= 0.6 is 35.7 Å². The molecule has 1 aliphatic heterocycles. The maximum absolute atomic E-state index is 4.32. The fraction of sp³-hybridized carbons (Fsp3) is 0.938. The largest absolute Gasteiger partial charge is 0.356 e. The molecule has 0 aromatic rings. The second-order valence-electron chi connectivity index (χ2n) is 6.98. The molecule has 0 radical (unpaired) electrons. The summed E-state index contributed by atoms with van der Waals surface area (Å²) in [5.74, 6) is 1.53. The van der Waals surface area contributed by atoms with Crippen LogP contribution in [0.25, 0.3) is 0 Å². The Balaban J connectivity index is 0.00000484. The predicted octanol–water partition coefficient (Wildman–Crippen LogP) is 1.79. The summed E-state index contributed by atoms with van der Waals surface area (Å²) in [5.41, 5.74) is 0. The highest BCUT2D eigenvalue weighted by Gasteiger charge is 2.18. The quantitative estimate of drug-likeness (QED) is 0.347. The molecule has 0 amide bonds. The first-order valence-corrected chi connectivity index (χ1v) is 9.49. The van der Waals surface area contributed by atoms with Crippen molar-refractivity contribution in [1.29, 1.82) is 0 Å². The molecule has 0 spiro atoms. The van der Waals surface area contributed by atoms with Gasteiger partial charge in [0.15, 0.2) is 5.96 Å². The Labute approximate surface area is 164 Å². The topological polar surface area (TPSA) is 42.9 Å². The lowest BCUT2D eigenvalue weighted by molar-refractivity contribution is 0.139. The van der Waals surface area contributed by atoms with Crippen LogP contribution in [0.5, 0.6) is 0 Å². The molecule has 0 saturated carbocycles. The highest BCUT2D eigenvalue weighted by atomic mass is 127. The van der Waals surface area contributed by atoms with E-state index in [4.69, 9.17) is 0 Å². The van der Waals surface area contributed by atoms with Gasteiger partial charge in [-0.2, -0.15) is 11.8 Å². The van der Waals surface area contributed by atoms with Crippen LogP contribution in [0.3, 0.4) is 0 Å². The average Bonchev–Trinajstić information content (AvgIpc) is 2.50. The van der Waals surface area contributed by atoms with Crippen LogP contribution in [0.15, 0.2) is 4.99 Å². The van der Waals surface area contributed by atoms with Gasteiger partial charge in [0.2, 0.25) is 0 Å². The van der Waals surface area contributed by atoms with Gasteiger partial charge in [0, 0.05) is 57.6 Å². The Morgan fingerprint density at radius 2 is 1.83 bits per heavy atom. The molecule has 1 atom stereocenters. The number of guanidine groups is 1. The summed E-state index contributed by atoms with van der Waals surface area (Å²) in [6.07, 6.45) is 2.15. The van der Waals surface area contributed by atoms with E-state index in [1.54, 1.807) is 0 Å². The van der Waals surface area contributed by atoms with Crippen molar-refractivity contribution in [3.05, 3.63) is 0 Å². The standard InChI is InChI=1S/C16H35N5S.HI/c1-14(12-21-9-7-20(5)8-10-21)11-18-15(17-4)19-13-16(2,3)22-6;/h14H,7-13H2,1-6H3,(H2,17,18,19);1H. The van der Waals surface area contributed by atoms with E-state index in [0.717, 1.165) is 25.6 Å². The molecule has 1 heterocycles. The molecule has 1 fully saturated rings. The number of aliphatic imine (C=N–C) groups is 1. The van der Waals surface area contributed by atoms with Crippen LogP contribution in [0, 0.1) is 5.92 Å². The van der Waals surface area contributed by atoms with Gasteiger partial charge in [0.1, 0.15) is 0 Å². The summed E-state index contributed by atoms with van der Waals surface area (Å²) in [6, 6.07) is 0. The molecular formula is C16H36IN5S. The van der Waals surface area contributed by atoms with Crippen molar-refractivity contribution in [2.75, 3.05) is 66.2 Å². The third-order valence-corrected chi connectivity index (χ3v) is 5.49. The molecular weight excluding hydrogens is 421 g/mol. The Kier molecular flexibility index (Phi) is 11.9. The smallest absolute Gasteiger partial charge is 0.191 e. The van der Waals surface area contributed by atoms with E-state index in [1.807, 2.05) is 18.8 Å². The molecule has 1 saturated heterocycles. The third-order valence-electron chi connectivity index (χ3n) is 4.24. The lowest BCUT2D eigenvalue weighted by Crippen LogP contribution is -2.48. The molecule has 1 unspecified atom stereocenters. The minimum Gasteiger partial charge on any atom is -0.356 e. The zero-order valence-corrected chi connectivity index (χ0v) is 18.8. The van der Waals surface area contributed by atoms with Gasteiger partial charge >= 0.3 is 0 Å². The summed E-state index contributed by atoms with van der Waals surface area (Å²) in [5, 5.41) is 6.88. The molecule has 0 aromatic carbocycles. The molecule has 0 aromatic heterocycles. The first kappa shape index (κ1) is 23.3. The molecule has 7 heteroatoms. The van der Waals surface area contributed by atoms with Crippen molar-refractivity contribution >= 4 is 41.7 Å². The Morgan fingerprint density at radius 3 is 2.35 bits per heavy atom. The Morgan fingerprint density at radius 1 is 1.22 bits per heavy atom.